The lowest BCUT2D eigenvalue weighted by molar-refractivity contribution is -0.144. The van der Waals surface area contributed by atoms with E-state index in [9.17, 15) is 14.7 Å². The maximum Gasteiger partial charge on any atom is 0.247 e. The predicted molar refractivity (Wildman–Crippen MR) is 127 cm³/mol. The van der Waals surface area contributed by atoms with Crippen LogP contribution in [0, 0.1) is 0 Å². The molecule has 0 fully saturated rings. The Morgan fingerprint density at radius 2 is 1.13 bits per heavy atom. The van der Waals surface area contributed by atoms with Crippen LogP contribution in [0.3, 0.4) is 0 Å². The molecule has 0 aliphatic carbocycles. The molecule has 0 atom stereocenters. The van der Waals surface area contributed by atoms with Crippen LogP contribution in [0.5, 0.6) is 5.75 Å². The molecule has 2 amide bonds. The van der Waals surface area contributed by atoms with E-state index in [-0.39, 0.29) is 18.1 Å². The summed E-state index contributed by atoms with van der Waals surface area (Å²) in [5, 5.41) is 10.0. The first-order chi connectivity index (χ1) is 15.0. The number of rotatable bonds is 18. The number of phenols is 1. The third kappa shape index (κ3) is 13.9. The number of hydrazine groups is 1. The Kier molecular flexibility index (Phi) is 15.6. The summed E-state index contributed by atoms with van der Waals surface area (Å²) in [7, 11) is 0. The Hall–Kier alpha value is -1.88. The number of carbonyl (C=O) groups is 2. The molecule has 1 aromatic carbocycles. The number of imide groups is 1. The smallest absolute Gasteiger partial charge is 0.247 e. The molecular formula is C26H44N2O3. The van der Waals surface area contributed by atoms with Crippen molar-refractivity contribution in [1.29, 1.82) is 0 Å². The van der Waals surface area contributed by atoms with Crippen LogP contribution in [0.15, 0.2) is 24.3 Å². The summed E-state index contributed by atoms with van der Waals surface area (Å²) in [5.41, 5.74) is 0.720. The first-order valence-corrected chi connectivity index (χ1v) is 12.4. The van der Waals surface area contributed by atoms with Gasteiger partial charge in [-0.2, -0.15) is 0 Å². The Morgan fingerprint density at radius 1 is 0.710 bits per heavy atom. The van der Waals surface area contributed by atoms with Crippen LogP contribution in [0.4, 0.5) is 0 Å². The topological polar surface area (TPSA) is 83.6 Å². The van der Waals surface area contributed by atoms with E-state index in [1.54, 1.807) is 12.1 Å². The van der Waals surface area contributed by atoms with E-state index in [0.29, 0.717) is 6.42 Å². The van der Waals surface area contributed by atoms with E-state index in [1.807, 2.05) is 0 Å². The molecule has 1 aromatic rings. The molecule has 0 saturated heterocycles. The molecule has 1 rings (SSSR count). The van der Waals surface area contributed by atoms with Crippen molar-refractivity contribution < 1.29 is 14.7 Å². The number of phenolic OH excluding ortho intramolecular Hbond substituents is 1. The van der Waals surface area contributed by atoms with E-state index in [4.69, 9.17) is 5.84 Å². The average molecular weight is 433 g/mol. The predicted octanol–water partition coefficient (Wildman–Crippen LogP) is 6.43. The van der Waals surface area contributed by atoms with Crippen LogP contribution in [-0.4, -0.2) is 21.9 Å². The summed E-state index contributed by atoms with van der Waals surface area (Å²) in [6.07, 6.45) is 19.5. The minimum atomic E-state index is -0.420. The van der Waals surface area contributed by atoms with Crippen molar-refractivity contribution in [3.63, 3.8) is 0 Å². The fourth-order valence-electron chi connectivity index (χ4n) is 3.78. The monoisotopic (exact) mass is 432 g/mol. The highest BCUT2D eigenvalue weighted by Gasteiger charge is 2.17. The highest BCUT2D eigenvalue weighted by Crippen LogP contribution is 2.14. The first kappa shape index (κ1) is 27.2. The number of unbranched alkanes of at least 4 members (excludes halogenated alkanes) is 14. The van der Waals surface area contributed by atoms with E-state index in [2.05, 4.69) is 6.92 Å². The molecule has 0 spiro atoms. The van der Waals surface area contributed by atoms with Gasteiger partial charge < -0.3 is 5.11 Å². The van der Waals surface area contributed by atoms with Crippen molar-refractivity contribution in [2.75, 3.05) is 0 Å². The maximum atomic E-state index is 12.1. The van der Waals surface area contributed by atoms with E-state index < -0.39 is 5.91 Å². The minimum absolute atomic E-state index is 0.0569. The van der Waals surface area contributed by atoms with Gasteiger partial charge in [0, 0.05) is 6.42 Å². The molecule has 0 unspecified atom stereocenters. The summed E-state index contributed by atoms with van der Waals surface area (Å²) < 4.78 is 0. The number of carbonyl (C=O) groups excluding carboxylic acids is 2. The number of hydrogen-bond donors (Lipinski definition) is 2. The Balaban J connectivity index is 1.94. The molecule has 0 aliphatic rings. The second kappa shape index (κ2) is 17.8. The minimum Gasteiger partial charge on any atom is -0.508 e. The second-order valence-corrected chi connectivity index (χ2v) is 8.70. The molecule has 0 bridgehead atoms. The zero-order valence-electron chi connectivity index (χ0n) is 19.6. The second-order valence-electron chi connectivity index (χ2n) is 8.70. The van der Waals surface area contributed by atoms with Crippen LogP contribution < -0.4 is 5.84 Å². The van der Waals surface area contributed by atoms with Crippen molar-refractivity contribution in [3.05, 3.63) is 29.8 Å². The lowest BCUT2D eigenvalue weighted by Crippen LogP contribution is -2.43. The third-order valence-corrected chi connectivity index (χ3v) is 5.82. The van der Waals surface area contributed by atoms with Gasteiger partial charge in [0.05, 0.1) is 6.42 Å². The summed E-state index contributed by atoms with van der Waals surface area (Å²) in [4.78, 5) is 24.2. The fourth-order valence-corrected chi connectivity index (χ4v) is 3.78. The SMILES string of the molecule is CCCCCCCCCCCCCCCCCC(=O)N(N)C(=O)Cc1ccc(O)cc1. The molecule has 0 aromatic heterocycles. The zero-order chi connectivity index (χ0) is 22.7. The molecule has 5 nitrogen and oxygen atoms in total. The standard InChI is InChI=1S/C26H44N2O3/c1-2-3-4-5-6-7-8-9-10-11-12-13-14-15-16-17-25(30)28(27)26(31)22-23-18-20-24(29)21-19-23/h18-21,29H,2-17,22,27H2,1H3. The molecule has 0 radical (unpaired) electrons. The summed E-state index contributed by atoms with van der Waals surface area (Å²) >= 11 is 0. The number of nitrogens with zero attached hydrogens (tertiary/aromatic N) is 1. The highest BCUT2D eigenvalue weighted by atomic mass is 16.3. The number of aromatic hydroxyl groups is 1. The van der Waals surface area contributed by atoms with Crippen molar-refractivity contribution in [2.24, 2.45) is 5.84 Å². The van der Waals surface area contributed by atoms with Crippen LogP contribution in [-0.2, 0) is 16.0 Å². The van der Waals surface area contributed by atoms with E-state index in [0.717, 1.165) is 29.8 Å². The molecular weight excluding hydrogens is 388 g/mol. The quantitative estimate of drug-likeness (QED) is 0.121. The molecule has 176 valence electrons. The van der Waals surface area contributed by atoms with Gasteiger partial charge in [-0.25, -0.2) is 10.9 Å². The van der Waals surface area contributed by atoms with Gasteiger partial charge in [0.1, 0.15) is 5.75 Å². The van der Waals surface area contributed by atoms with E-state index in [1.165, 1.54) is 89.2 Å². The molecule has 0 heterocycles. The van der Waals surface area contributed by atoms with Gasteiger partial charge in [-0.3, -0.25) is 9.59 Å². The van der Waals surface area contributed by atoms with Crippen LogP contribution in [0.2, 0.25) is 0 Å². The summed E-state index contributed by atoms with van der Waals surface area (Å²) in [5.74, 6) is 5.09. The van der Waals surface area contributed by atoms with Crippen molar-refractivity contribution in [3.8, 4) is 5.75 Å². The van der Waals surface area contributed by atoms with Gasteiger partial charge in [0.15, 0.2) is 0 Å². The van der Waals surface area contributed by atoms with Gasteiger partial charge in [-0.15, -0.1) is 0 Å². The fraction of sp³-hybridized carbons (Fsp3) is 0.692. The number of nitrogens with two attached hydrogens (primary N) is 1. The first-order valence-electron chi connectivity index (χ1n) is 12.4. The van der Waals surface area contributed by atoms with Gasteiger partial charge in [0.2, 0.25) is 11.8 Å². The van der Waals surface area contributed by atoms with Gasteiger partial charge in [0.25, 0.3) is 0 Å². The number of hydrogen-bond acceptors (Lipinski definition) is 4. The molecule has 5 heteroatoms. The largest absolute Gasteiger partial charge is 0.508 e. The normalized spacial score (nSPS) is 10.9. The molecule has 31 heavy (non-hydrogen) atoms. The maximum absolute atomic E-state index is 12.1. The van der Waals surface area contributed by atoms with Gasteiger partial charge in [-0.1, -0.05) is 109 Å². The number of amides is 2. The van der Waals surface area contributed by atoms with Gasteiger partial charge >= 0.3 is 0 Å². The summed E-state index contributed by atoms with van der Waals surface area (Å²) in [6, 6.07) is 6.34. The van der Waals surface area contributed by atoms with Crippen LogP contribution >= 0.6 is 0 Å². The lowest BCUT2D eigenvalue weighted by Gasteiger charge is -2.14. The van der Waals surface area contributed by atoms with Crippen LogP contribution in [0.1, 0.15) is 115 Å². The summed E-state index contributed by atoms with van der Waals surface area (Å²) in [6.45, 7) is 2.26. The van der Waals surface area contributed by atoms with Crippen LogP contribution in [0.25, 0.3) is 0 Å². The van der Waals surface area contributed by atoms with Crippen molar-refractivity contribution in [1.82, 2.24) is 5.01 Å². The lowest BCUT2D eigenvalue weighted by atomic mass is 10.0. The van der Waals surface area contributed by atoms with Crippen molar-refractivity contribution in [2.45, 2.75) is 116 Å². The van der Waals surface area contributed by atoms with E-state index >= 15 is 0 Å². The molecule has 0 aliphatic heterocycles. The van der Waals surface area contributed by atoms with Crippen molar-refractivity contribution >= 4 is 11.8 Å². The average Bonchev–Trinajstić information content (AvgIpc) is 2.77. The molecule has 0 saturated carbocycles. The number of benzene rings is 1. The van der Waals surface area contributed by atoms with Gasteiger partial charge in [-0.05, 0) is 24.1 Å². The Morgan fingerprint density at radius 3 is 1.58 bits per heavy atom. The molecule has 3 N–H and O–H groups in total. The third-order valence-electron chi connectivity index (χ3n) is 5.82. The highest BCUT2D eigenvalue weighted by molar-refractivity contribution is 5.95. The Bertz CT molecular complexity index is 601. The Labute approximate surface area is 189 Å². The zero-order valence-corrected chi connectivity index (χ0v) is 19.6.